The minimum atomic E-state index is -0.857. The number of carboxylic acid groups (broad SMARTS) is 1. The second kappa shape index (κ2) is 25.8. The van der Waals surface area contributed by atoms with Gasteiger partial charge in [0.25, 0.3) is 11.8 Å². The molecule has 0 saturated heterocycles. The normalized spacial score (nSPS) is 10.2. The summed E-state index contributed by atoms with van der Waals surface area (Å²) in [6, 6.07) is 48.6. The van der Waals surface area contributed by atoms with E-state index in [0.717, 1.165) is 52.9 Å². The molecular weight excluding hydrogens is 936 g/mol. The third kappa shape index (κ3) is 14.2. The van der Waals surface area contributed by atoms with Crippen LogP contribution < -0.4 is 48.4 Å². The molecule has 13 nitrogen and oxygen atoms in total. The van der Waals surface area contributed by atoms with E-state index >= 15 is 0 Å². The third-order valence-electron chi connectivity index (χ3n) is 10.7. The van der Waals surface area contributed by atoms with Gasteiger partial charge in [-0.15, -0.1) is 22.7 Å². The van der Waals surface area contributed by atoms with E-state index in [0.29, 0.717) is 45.5 Å². The zero-order valence-electron chi connectivity index (χ0n) is 39.8. The molecule has 358 valence electrons. The van der Waals surface area contributed by atoms with Crippen LogP contribution in [0.4, 0.5) is 11.4 Å². The third-order valence-corrected chi connectivity index (χ3v) is 13.0. The number of benzene rings is 6. The Morgan fingerprint density at radius 1 is 0.479 bits per heavy atom. The Kier molecular flexibility index (Phi) is 19.7. The van der Waals surface area contributed by atoms with Gasteiger partial charge in [-0.1, -0.05) is 48.5 Å². The topological polar surface area (TPSA) is 189 Å². The van der Waals surface area contributed by atoms with E-state index in [-0.39, 0.29) is 55.0 Å². The number of carbonyl (C=O) groups excluding carboxylic acids is 3. The van der Waals surface area contributed by atoms with E-state index in [1.54, 1.807) is 46.6 Å². The molecule has 0 aliphatic carbocycles. The number of esters is 1. The summed E-state index contributed by atoms with van der Waals surface area (Å²) in [6.45, 7) is 0. The van der Waals surface area contributed by atoms with Crippen LogP contribution in [0.15, 0.2) is 158 Å². The number of methoxy groups -OCH3 is 5. The minimum absolute atomic E-state index is 0. The molecule has 16 heteroatoms. The van der Waals surface area contributed by atoms with Crippen molar-refractivity contribution in [3.63, 3.8) is 0 Å². The van der Waals surface area contributed by atoms with Crippen molar-refractivity contribution in [3.05, 3.63) is 179 Å². The number of rotatable bonds is 16. The van der Waals surface area contributed by atoms with Gasteiger partial charge < -0.3 is 44.9 Å². The second-order valence-electron chi connectivity index (χ2n) is 15.2. The number of hydrogen-bond acceptors (Lipinski definition) is 12. The van der Waals surface area contributed by atoms with E-state index in [2.05, 4.69) is 10.6 Å². The van der Waals surface area contributed by atoms with E-state index in [9.17, 15) is 19.2 Å². The van der Waals surface area contributed by atoms with Gasteiger partial charge in [-0.05, 0) is 119 Å². The summed E-state index contributed by atoms with van der Waals surface area (Å²) < 4.78 is 26.3. The largest absolute Gasteiger partial charge is 1.00 e. The van der Waals surface area contributed by atoms with Crippen molar-refractivity contribution in [3.8, 4) is 66.1 Å². The van der Waals surface area contributed by atoms with Crippen molar-refractivity contribution in [1.82, 2.24) is 0 Å². The molecule has 0 fully saturated rings. The first-order valence-corrected chi connectivity index (χ1v) is 23.0. The fourth-order valence-corrected chi connectivity index (χ4v) is 9.24. The SMILES string of the molecule is COC(=O)Cc1ccc(-c2cccc(NC(=O)c3cccc(-c4ccc(OC)cc4OC)c3)c2)s1.COc1ccc(-c2cccc(C(=O)Nc3cccc(-c4ccc(CC(=O)O)s4)c3)c2)c(OC)c1.[Li+].[OH-]. The summed E-state index contributed by atoms with van der Waals surface area (Å²) in [5.74, 6) is 1.13. The van der Waals surface area contributed by atoms with Crippen LogP contribution in [0.1, 0.15) is 30.5 Å². The molecule has 4 N–H and O–H groups in total. The van der Waals surface area contributed by atoms with Gasteiger partial charge in [0.2, 0.25) is 0 Å². The molecule has 71 heavy (non-hydrogen) atoms. The standard InChI is InChI=1S/C28H25NO5S.C27H23NO5S.Li.H2O/c1-32-22-10-12-24(25(16-22)33-2)18-6-4-8-20(14-18)28(31)29-21-9-5-7-19(15-21)26-13-11-23(35-26)17-27(30)34-3;1-32-21-9-11-23(24(15-21)33-2)17-5-3-7-19(13-17)27(31)28-20-8-4-6-18(14-20)25-12-10-22(34-25)16-26(29)30;;/h4-16H,17H2,1-3H3,(H,29,31);3-15H,16H2,1-2H3,(H,28,31)(H,29,30);;1H2/q;;+1;/p-1. The summed E-state index contributed by atoms with van der Waals surface area (Å²) in [7, 11) is 7.79. The summed E-state index contributed by atoms with van der Waals surface area (Å²) >= 11 is 2.95. The van der Waals surface area contributed by atoms with Crippen LogP contribution in [0, 0.1) is 0 Å². The number of anilines is 2. The molecule has 0 unspecified atom stereocenters. The van der Waals surface area contributed by atoms with Crippen LogP contribution in [0.25, 0.3) is 43.1 Å². The first-order chi connectivity index (χ1) is 33.5. The Balaban J connectivity index is 0.000000257. The van der Waals surface area contributed by atoms with Crippen LogP contribution in [0.3, 0.4) is 0 Å². The van der Waals surface area contributed by atoms with Gasteiger partial charge in [-0.25, -0.2) is 0 Å². The molecule has 2 amide bonds. The average Bonchev–Trinajstić information content (AvgIpc) is 4.06. The van der Waals surface area contributed by atoms with E-state index in [1.165, 1.54) is 29.8 Å². The van der Waals surface area contributed by atoms with E-state index < -0.39 is 5.97 Å². The van der Waals surface area contributed by atoms with Crippen molar-refractivity contribution in [2.45, 2.75) is 12.8 Å². The van der Waals surface area contributed by atoms with Gasteiger partial charge in [0, 0.05) is 65.3 Å². The van der Waals surface area contributed by atoms with Crippen LogP contribution >= 0.6 is 22.7 Å². The Labute approximate surface area is 431 Å². The first-order valence-electron chi connectivity index (χ1n) is 21.4. The number of carbonyl (C=O) groups is 4. The van der Waals surface area contributed by atoms with Gasteiger partial charge in [0.05, 0.1) is 48.4 Å². The molecule has 8 rings (SSSR count). The molecule has 0 saturated carbocycles. The predicted molar refractivity (Wildman–Crippen MR) is 274 cm³/mol. The van der Waals surface area contributed by atoms with Crippen LogP contribution in [-0.2, 0) is 27.2 Å². The van der Waals surface area contributed by atoms with Gasteiger partial charge >= 0.3 is 30.8 Å². The summed E-state index contributed by atoms with van der Waals surface area (Å²) in [5, 5.41) is 14.9. The molecular formula is C55H49LiN2O11S2. The summed E-state index contributed by atoms with van der Waals surface area (Å²) in [5.41, 5.74) is 7.69. The summed E-state index contributed by atoms with van der Waals surface area (Å²) in [6.07, 6.45) is 0.239. The van der Waals surface area contributed by atoms with Crippen molar-refractivity contribution < 1.29 is 72.3 Å². The average molecular weight is 985 g/mol. The van der Waals surface area contributed by atoms with Crippen molar-refractivity contribution in [2.24, 2.45) is 0 Å². The molecule has 2 aromatic heterocycles. The summed E-state index contributed by atoms with van der Waals surface area (Å²) in [4.78, 5) is 52.2. The molecule has 2 heterocycles. The van der Waals surface area contributed by atoms with Crippen molar-refractivity contribution in [1.29, 1.82) is 0 Å². The molecule has 0 atom stereocenters. The Bertz CT molecular complexity index is 3130. The number of carboxylic acids is 1. The molecule has 8 aromatic rings. The van der Waals surface area contributed by atoms with Crippen molar-refractivity contribution >= 4 is 57.8 Å². The smallest absolute Gasteiger partial charge is 0.870 e. The molecule has 0 bridgehead atoms. The number of ether oxygens (including phenoxy) is 5. The van der Waals surface area contributed by atoms with E-state index in [1.807, 2.05) is 140 Å². The molecule has 0 radical (unpaired) electrons. The predicted octanol–water partition coefficient (Wildman–Crippen LogP) is 8.87. The quantitative estimate of drug-likeness (QED) is 0.0620. The van der Waals surface area contributed by atoms with Gasteiger partial charge in [0.15, 0.2) is 0 Å². The number of nitrogens with one attached hydrogen (secondary N) is 2. The molecule has 0 spiro atoms. The van der Waals surface area contributed by atoms with Crippen LogP contribution in [0.2, 0.25) is 0 Å². The maximum absolute atomic E-state index is 13.0. The fraction of sp³-hybridized carbons (Fsp3) is 0.127. The first kappa shape index (κ1) is 54.3. The van der Waals surface area contributed by atoms with Crippen molar-refractivity contribution in [2.75, 3.05) is 46.2 Å². The maximum atomic E-state index is 13.0. The Hall–Kier alpha value is -7.64. The zero-order chi connectivity index (χ0) is 48.9. The maximum Gasteiger partial charge on any atom is 1.00 e. The number of amides is 2. The minimum Gasteiger partial charge on any atom is -0.870 e. The van der Waals surface area contributed by atoms with E-state index in [4.69, 9.17) is 28.8 Å². The number of hydrogen-bond donors (Lipinski definition) is 3. The molecule has 0 aliphatic heterocycles. The molecule has 6 aromatic carbocycles. The number of thiophene rings is 2. The Morgan fingerprint density at radius 3 is 1.31 bits per heavy atom. The van der Waals surface area contributed by atoms with Gasteiger partial charge in [-0.3, -0.25) is 19.2 Å². The van der Waals surface area contributed by atoms with Crippen LogP contribution in [0.5, 0.6) is 23.0 Å². The zero-order valence-corrected chi connectivity index (χ0v) is 41.4. The molecule has 0 aliphatic rings. The Morgan fingerprint density at radius 2 is 0.901 bits per heavy atom. The van der Waals surface area contributed by atoms with Gasteiger partial charge in [0.1, 0.15) is 23.0 Å². The van der Waals surface area contributed by atoms with Gasteiger partial charge in [-0.2, -0.15) is 0 Å². The van der Waals surface area contributed by atoms with Crippen LogP contribution in [-0.4, -0.2) is 69.9 Å². The fourth-order valence-electron chi connectivity index (χ4n) is 7.26. The second-order valence-corrected chi connectivity index (χ2v) is 17.6. The monoisotopic (exact) mass is 984 g/mol. The number of aliphatic carboxylic acids is 1.